The van der Waals surface area contributed by atoms with E-state index >= 15 is 0 Å². The third-order valence-corrected chi connectivity index (χ3v) is 5.00. The summed E-state index contributed by atoms with van der Waals surface area (Å²) in [5.74, 6) is -0.991. The monoisotopic (exact) mass is 442 g/mol. The van der Waals surface area contributed by atoms with Crippen LogP contribution >= 0.6 is 15.9 Å². The number of hydrogen-bond acceptors (Lipinski definition) is 5. The highest BCUT2D eigenvalue weighted by atomic mass is 79.9. The SMILES string of the molecule is O=C(O)CN(CC(=O)NO)S(=O)c1ccc(Oc2ccc(Br)cc2)cc1. The highest BCUT2D eigenvalue weighted by Gasteiger charge is 2.21. The van der Waals surface area contributed by atoms with E-state index in [1.807, 2.05) is 12.1 Å². The number of benzene rings is 2. The molecule has 138 valence electrons. The normalized spacial score (nSPS) is 11.8. The maximum atomic E-state index is 12.5. The van der Waals surface area contributed by atoms with Crippen LogP contribution < -0.4 is 10.2 Å². The number of hydroxylamine groups is 1. The molecule has 0 aliphatic carbocycles. The molecule has 2 aromatic rings. The van der Waals surface area contributed by atoms with Crippen LogP contribution in [0.3, 0.4) is 0 Å². The molecule has 2 aromatic carbocycles. The molecule has 0 bridgehead atoms. The van der Waals surface area contributed by atoms with Crippen LogP contribution in [0.5, 0.6) is 11.5 Å². The first-order valence-corrected chi connectivity index (χ1v) is 9.14. The summed E-state index contributed by atoms with van der Waals surface area (Å²) in [6.45, 7) is -1.16. The van der Waals surface area contributed by atoms with Gasteiger partial charge in [0.1, 0.15) is 29.0 Å². The number of carboxylic acids is 1. The number of aliphatic carboxylic acids is 1. The highest BCUT2D eigenvalue weighted by molar-refractivity contribution is 9.10. The lowest BCUT2D eigenvalue weighted by molar-refractivity contribution is -0.137. The van der Waals surface area contributed by atoms with Crippen molar-refractivity contribution in [2.45, 2.75) is 4.90 Å². The van der Waals surface area contributed by atoms with Crippen LogP contribution in [0.25, 0.3) is 0 Å². The molecule has 0 aliphatic rings. The Morgan fingerprint density at radius 1 is 1.04 bits per heavy atom. The van der Waals surface area contributed by atoms with Gasteiger partial charge in [-0.3, -0.25) is 14.8 Å². The maximum Gasteiger partial charge on any atom is 0.318 e. The molecule has 0 saturated heterocycles. The van der Waals surface area contributed by atoms with E-state index in [0.717, 1.165) is 8.78 Å². The molecule has 0 fully saturated rings. The minimum atomic E-state index is -1.90. The summed E-state index contributed by atoms with van der Waals surface area (Å²) in [6, 6.07) is 13.4. The Labute approximate surface area is 160 Å². The molecule has 0 aromatic heterocycles. The lowest BCUT2D eigenvalue weighted by Crippen LogP contribution is -2.39. The number of nitrogens with one attached hydrogen (secondary N) is 1. The predicted molar refractivity (Wildman–Crippen MR) is 96.2 cm³/mol. The Bertz CT molecular complexity index is 797. The van der Waals surface area contributed by atoms with Gasteiger partial charge < -0.3 is 9.84 Å². The van der Waals surface area contributed by atoms with Crippen LogP contribution in [0.2, 0.25) is 0 Å². The van der Waals surface area contributed by atoms with E-state index in [0.29, 0.717) is 16.4 Å². The van der Waals surface area contributed by atoms with Gasteiger partial charge in [-0.25, -0.2) is 9.69 Å². The average molecular weight is 443 g/mol. The standard InChI is InChI=1S/C16H15BrN2O6S/c17-11-1-3-12(4-2-11)25-13-5-7-14(8-6-13)26(24)19(10-16(21)22)9-15(20)18-23/h1-8,23H,9-10H2,(H,18,20)(H,21,22). The fourth-order valence-electron chi connectivity index (χ4n) is 1.93. The summed E-state index contributed by atoms with van der Waals surface area (Å²) in [6.07, 6.45) is 0. The Morgan fingerprint density at radius 2 is 1.58 bits per heavy atom. The van der Waals surface area contributed by atoms with Crippen molar-refractivity contribution in [3.05, 3.63) is 53.0 Å². The van der Waals surface area contributed by atoms with Gasteiger partial charge >= 0.3 is 5.97 Å². The Kier molecular flexibility index (Phi) is 7.27. The zero-order valence-corrected chi connectivity index (χ0v) is 15.7. The van der Waals surface area contributed by atoms with Crippen LogP contribution in [-0.2, 0) is 20.6 Å². The van der Waals surface area contributed by atoms with Gasteiger partial charge in [0, 0.05) is 4.47 Å². The van der Waals surface area contributed by atoms with Crippen LogP contribution in [0.4, 0.5) is 0 Å². The predicted octanol–water partition coefficient (Wildman–Crippen LogP) is 2.16. The van der Waals surface area contributed by atoms with Crippen molar-refractivity contribution in [3.63, 3.8) is 0 Å². The molecule has 0 saturated carbocycles. The van der Waals surface area contributed by atoms with Crippen molar-refractivity contribution in [2.75, 3.05) is 13.1 Å². The smallest absolute Gasteiger partial charge is 0.318 e. The van der Waals surface area contributed by atoms with Crippen LogP contribution in [0, 0.1) is 0 Å². The second-order valence-electron chi connectivity index (χ2n) is 5.00. The number of amides is 1. The molecule has 26 heavy (non-hydrogen) atoms. The van der Waals surface area contributed by atoms with Crippen molar-refractivity contribution >= 4 is 38.8 Å². The number of hydrogen-bond donors (Lipinski definition) is 3. The number of nitrogens with zero attached hydrogens (tertiary/aromatic N) is 1. The second kappa shape index (κ2) is 9.43. The number of carbonyl (C=O) groups is 2. The van der Waals surface area contributed by atoms with E-state index in [1.165, 1.54) is 17.6 Å². The van der Waals surface area contributed by atoms with E-state index < -0.39 is 36.0 Å². The first-order valence-electron chi connectivity index (χ1n) is 7.24. The first kappa shape index (κ1) is 20.0. The molecule has 0 radical (unpaired) electrons. The number of ether oxygens (including phenoxy) is 1. The molecular weight excluding hydrogens is 428 g/mol. The molecule has 0 aliphatic heterocycles. The lowest BCUT2D eigenvalue weighted by atomic mass is 10.3. The Hall–Kier alpha value is -2.27. The fraction of sp³-hybridized carbons (Fsp3) is 0.125. The van der Waals surface area contributed by atoms with Crippen molar-refractivity contribution in [3.8, 4) is 11.5 Å². The molecule has 1 amide bonds. The van der Waals surface area contributed by atoms with Crippen LogP contribution in [0.15, 0.2) is 57.9 Å². The van der Waals surface area contributed by atoms with Gasteiger partial charge in [-0.2, -0.15) is 4.31 Å². The van der Waals surface area contributed by atoms with E-state index in [2.05, 4.69) is 15.9 Å². The molecule has 8 nitrogen and oxygen atoms in total. The molecule has 10 heteroatoms. The van der Waals surface area contributed by atoms with Crippen molar-refractivity contribution in [2.24, 2.45) is 0 Å². The fourth-order valence-corrected chi connectivity index (χ4v) is 3.33. The van der Waals surface area contributed by atoms with E-state index in [9.17, 15) is 13.8 Å². The van der Waals surface area contributed by atoms with Gasteiger partial charge in [0.05, 0.1) is 11.4 Å². The summed E-state index contributed by atoms with van der Waals surface area (Å²) < 4.78 is 20.0. The molecule has 0 heterocycles. The minimum Gasteiger partial charge on any atom is -0.480 e. The molecule has 2 rings (SSSR count). The topological polar surface area (TPSA) is 116 Å². The van der Waals surface area contributed by atoms with E-state index in [1.54, 1.807) is 24.3 Å². The number of halogens is 1. The summed E-state index contributed by atoms with van der Waals surface area (Å²) in [4.78, 5) is 22.5. The van der Waals surface area contributed by atoms with Crippen molar-refractivity contribution < 1.29 is 28.8 Å². The molecule has 1 unspecified atom stereocenters. The minimum absolute atomic E-state index is 0.292. The summed E-state index contributed by atoms with van der Waals surface area (Å²) >= 11 is 3.33. The van der Waals surface area contributed by atoms with Crippen LogP contribution in [0.1, 0.15) is 0 Å². The summed E-state index contributed by atoms with van der Waals surface area (Å²) in [7, 11) is -1.90. The van der Waals surface area contributed by atoms with Crippen LogP contribution in [-0.4, -0.2) is 43.8 Å². The molecule has 1 atom stereocenters. The van der Waals surface area contributed by atoms with Gasteiger partial charge in [0.25, 0.3) is 5.91 Å². The third-order valence-electron chi connectivity index (χ3n) is 3.07. The molecule has 3 N–H and O–H groups in total. The molecular formula is C16H15BrN2O6S. The van der Waals surface area contributed by atoms with Gasteiger partial charge in [-0.1, -0.05) is 15.9 Å². The Balaban J connectivity index is 2.11. The van der Waals surface area contributed by atoms with Gasteiger partial charge in [-0.15, -0.1) is 0 Å². The van der Waals surface area contributed by atoms with Crippen molar-refractivity contribution in [1.29, 1.82) is 0 Å². The number of carbonyl (C=O) groups excluding carboxylic acids is 1. The van der Waals surface area contributed by atoms with Gasteiger partial charge in [0.2, 0.25) is 0 Å². The quantitative estimate of drug-likeness (QED) is 0.426. The number of carboxylic acid groups (broad SMARTS) is 1. The maximum absolute atomic E-state index is 12.5. The molecule has 0 spiro atoms. The van der Waals surface area contributed by atoms with E-state index in [-0.39, 0.29) is 0 Å². The van der Waals surface area contributed by atoms with Gasteiger partial charge in [-0.05, 0) is 48.5 Å². The van der Waals surface area contributed by atoms with Crippen molar-refractivity contribution in [1.82, 2.24) is 9.79 Å². The largest absolute Gasteiger partial charge is 0.480 e. The zero-order valence-electron chi connectivity index (χ0n) is 13.3. The van der Waals surface area contributed by atoms with E-state index in [4.69, 9.17) is 15.1 Å². The Morgan fingerprint density at radius 3 is 2.08 bits per heavy atom. The summed E-state index contributed by atoms with van der Waals surface area (Å²) in [5.41, 5.74) is 1.38. The number of rotatable bonds is 8. The highest BCUT2D eigenvalue weighted by Crippen LogP contribution is 2.24. The zero-order chi connectivity index (χ0) is 19.1. The van der Waals surface area contributed by atoms with Gasteiger partial charge in [0.15, 0.2) is 0 Å². The first-order chi connectivity index (χ1) is 12.4. The average Bonchev–Trinajstić information content (AvgIpc) is 2.62. The lowest BCUT2D eigenvalue weighted by Gasteiger charge is -2.18. The third kappa shape index (κ3) is 5.92. The second-order valence-corrected chi connectivity index (χ2v) is 7.41. The summed E-state index contributed by atoms with van der Waals surface area (Å²) in [5, 5.41) is 17.5.